The van der Waals surface area contributed by atoms with Crippen molar-refractivity contribution in [2.75, 3.05) is 20.3 Å². The number of halogens is 1. The molecule has 0 saturated carbocycles. The predicted molar refractivity (Wildman–Crippen MR) is 80.4 cm³/mol. The highest BCUT2D eigenvalue weighted by Gasteiger charge is 2.09. The summed E-state index contributed by atoms with van der Waals surface area (Å²) in [5.74, 6) is 0. The fourth-order valence-electron chi connectivity index (χ4n) is 1.64. The Labute approximate surface area is 127 Å². The van der Waals surface area contributed by atoms with E-state index in [1.807, 2.05) is 25.1 Å². The molecule has 0 saturated heterocycles. The Morgan fingerprint density at radius 1 is 1.45 bits per heavy atom. The molecular weight excluding hydrogens is 296 g/mol. The summed E-state index contributed by atoms with van der Waals surface area (Å²) < 4.78 is 10.4. The van der Waals surface area contributed by atoms with Crippen molar-refractivity contribution in [3.8, 4) is 0 Å². The smallest absolute Gasteiger partial charge is 0.260 e. The number of nitrogens with one attached hydrogen (secondary N) is 1. The maximum Gasteiger partial charge on any atom is 0.260 e. The fourth-order valence-corrected chi connectivity index (χ4v) is 2.81. The summed E-state index contributed by atoms with van der Waals surface area (Å²) in [6, 6.07) is 5.83. The van der Waals surface area contributed by atoms with Gasteiger partial charge in [0.2, 0.25) is 0 Å². The van der Waals surface area contributed by atoms with Gasteiger partial charge in [0.1, 0.15) is 6.26 Å². The Hall–Kier alpha value is -1.01. The summed E-state index contributed by atoms with van der Waals surface area (Å²) in [4.78, 5) is 5.34. The molecule has 0 spiro atoms. The van der Waals surface area contributed by atoms with Gasteiger partial charge < -0.3 is 14.5 Å². The Balaban J connectivity index is 2.07. The van der Waals surface area contributed by atoms with E-state index in [1.54, 1.807) is 13.4 Å². The molecule has 6 heteroatoms. The Bertz CT molecular complexity index is 560. The van der Waals surface area contributed by atoms with E-state index in [0.29, 0.717) is 16.9 Å². The third-order valence-corrected chi connectivity index (χ3v) is 3.82. The standard InChI is InChI=1S/C14H17ClN2O2S/c1-10-9-19-14(17-10)20-13-7-12(15)4-3-11(13)8-16-5-6-18-2/h3-4,7,9,16H,5-6,8H2,1-2H3. The molecule has 4 nitrogen and oxygen atoms in total. The Kier molecular flexibility index (Phi) is 5.91. The Morgan fingerprint density at radius 3 is 3.00 bits per heavy atom. The van der Waals surface area contributed by atoms with Gasteiger partial charge >= 0.3 is 0 Å². The minimum atomic E-state index is 0.628. The molecule has 2 rings (SSSR count). The number of methoxy groups -OCH3 is 1. The maximum atomic E-state index is 6.07. The molecule has 0 amide bonds. The zero-order valence-corrected chi connectivity index (χ0v) is 13.1. The van der Waals surface area contributed by atoms with Crippen LogP contribution in [0.4, 0.5) is 0 Å². The lowest BCUT2D eigenvalue weighted by atomic mass is 10.2. The Morgan fingerprint density at radius 2 is 2.30 bits per heavy atom. The molecule has 2 aromatic rings. The number of ether oxygens (including phenoxy) is 1. The molecule has 0 aliphatic rings. The van der Waals surface area contributed by atoms with Gasteiger partial charge in [0.15, 0.2) is 0 Å². The topological polar surface area (TPSA) is 47.3 Å². The van der Waals surface area contributed by atoms with E-state index >= 15 is 0 Å². The van der Waals surface area contributed by atoms with Crippen molar-refractivity contribution in [3.05, 3.63) is 40.7 Å². The van der Waals surface area contributed by atoms with Gasteiger partial charge in [-0.3, -0.25) is 0 Å². The normalized spacial score (nSPS) is 10.9. The summed E-state index contributed by atoms with van der Waals surface area (Å²) in [7, 11) is 1.69. The van der Waals surface area contributed by atoms with Gasteiger partial charge in [0, 0.05) is 30.1 Å². The predicted octanol–water partition coefficient (Wildman–Crippen LogP) is 3.52. The average Bonchev–Trinajstić information content (AvgIpc) is 2.82. The van der Waals surface area contributed by atoms with Gasteiger partial charge in [-0.05, 0) is 36.4 Å². The number of aryl methyl sites for hydroxylation is 1. The van der Waals surface area contributed by atoms with E-state index in [-0.39, 0.29) is 0 Å². The monoisotopic (exact) mass is 312 g/mol. The molecule has 0 unspecified atom stereocenters. The van der Waals surface area contributed by atoms with Crippen LogP contribution >= 0.6 is 23.4 Å². The molecule has 0 fully saturated rings. The number of aromatic nitrogens is 1. The van der Waals surface area contributed by atoms with Crippen LogP contribution in [0.15, 0.2) is 39.0 Å². The first-order chi connectivity index (χ1) is 9.69. The van der Waals surface area contributed by atoms with Crippen molar-refractivity contribution in [2.24, 2.45) is 0 Å². The van der Waals surface area contributed by atoms with Crippen LogP contribution in [-0.2, 0) is 11.3 Å². The van der Waals surface area contributed by atoms with E-state index < -0.39 is 0 Å². The molecule has 0 aliphatic heterocycles. The summed E-state index contributed by atoms with van der Waals surface area (Å²) in [6.45, 7) is 4.15. The number of hydrogen-bond acceptors (Lipinski definition) is 5. The minimum Gasteiger partial charge on any atom is -0.439 e. The second kappa shape index (κ2) is 7.69. The van der Waals surface area contributed by atoms with Crippen LogP contribution in [0.5, 0.6) is 0 Å². The van der Waals surface area contributed by atoms with Crippen molar-refractivity contribution in [2.45, 2.75) is 23.6 Å². The van der Waals surface area contributed by atoms with Crippen LogP contribution in [0.3, 0.4) is 0 Å². The zero-order valence-electron chi connectivity index (χ0n) is 11.5. The SMILES string of the molecule is COCCNCc1ccc(Cl)cc1Sc1nc(C)co1. The lowest BCUT2D eigenvalue weighted by Gasteiger charge is -2.09. The van der Waals surface area contributed by atoms with Crippen LogP contribution < -0.4 is 5.32 Å². The largest absolute Gasteiger partial charge is 0.439 e. The molecule has 1 N–H and O–H groups in total. The van der Waals surface area contributed by atoms with E-state index in [2.05, 4.69) is 10.3 Å². The second-order valence-electron chi connectivity index (χ2n) is 4.28. The lowest BCUT2D eigenvalue weighted by molar-refractivity contribution is 0.199. The lowest BCUT2D eigenvalue weighted by Crippen LogP contribution is -2.18. The van der Waals surface area contributed by atoms with Crippen LogP contribution in [0, 0.1) is 6.92 Å². The summed E-state index contributed by atoms with van der Waals surface area (Å²) in [5.41, 5.74) is 2.03. The summed E-state index contributed by atoms with van der Waals surface area (Å²) >= 11 is 7.55. The zero-order chi connectivity index (χ0) is 14.4. The molecule has 0 atom stereocenters. The van der Waals surface area contributed by atoms with Gasteiger partial charge in [-0.2, -0.15) is 0 Å². The van der Waals surface area contributed by atoms with Gasteiger partial charge in [0.05, 0.1) is 12.3 Å². The van der Waals surface area contributed by atoms with Crippen LogP contribution in [0.25, 0.3) is 0 Å². The summed E-state index contributed by atoms with van der Waals surface area (Å²) in [5, 5.41) is 4.65. The van der Waals surface area contributed by atoms with E-state index in [4.69, 9.17) is 20.8 Å². The molecule has 0 radical (unpaired) electrons. The highest BCUT2D eigenvalue weighted by Crippen LogP contribution is 2.32. The first-order valence-corrected chi connectivity index (χ1v) is 7.46. The quantitative estimate of drug-likeness (QED) is 0.793. The number of benzene rings is 1. The van der Waals surface area contributed by atoms with Crippen molar-refractivity contribution in [1.82, 2.24) is 10.3 Å². The first kappa shape index (κ1) is 15.4. The third kappa shape index (κ3) is 4.52. The van der Waals surface area contributed by atoms with Crippen LogP contribution in [0.2, 0.25) is 5.02 Å². The van der Waals surface area contributed by atoms with E-state index in [0.717, 1.165) is 29.2 Å². The highest BCUT2D eigenvalue weighted by molar-refractivity contribution is 7.99. The van der Waals surface area contributed by atoms with Crippen LogP contribution in [0.1, 0.15) is 11.3 Å². The minimum absolute atomic E-state index is 0.628. The molecule has 0 aliphatic carbocycles. The molecular formula is C14H17ClN2O2S. The number of nitrogens with zero attached hydrogens (tertiary/aromatic N) is 1. The van der Waals surface area contributed by atoms with Crippen molar-refractivity contribution in [1.29, 1.82) is 0 Å². The molecule has 1 heterocycles. The van der Waals surface area contributed by atoms with Crippen molar-refractivity contribution < 1.29 is 9.15 Å². The molecule has 1 aromatic carbocycles. The molecule has 108 valence electrons. The van der Waals surface area contributed by atoms with Crippen molar-refractivity contribution in [3.63, 3.8) is 0 Å². The van der Waals surface area contributed by atoms with Crippen molar-refractivity contribution >= 4 is 23.4 Å². The second-order valence-corrected chi connectivity index (χ2v) is 5.71. The van der Waals surface area contributed by atoms with Gasteiger partial charge in [-0.1, -0.05) is 17.7 Å². The van der Waals surface area contributed by atoms with Gasteiger partial charge in [0.25, 0.3) is 5.22 Å². The fraction of sp³-hybridized carbons (Fsp3) is 0.357. The first-order valence-electron chi connectivity index (χ1n) is 6.27. The van der Waals surface area contributed by atoms with E-state index in [1.165, 1.54) is 11.8 Å². The van der Waals surface area contributed by atoms with E-state index in [9.17, 15) is 0 Å². The number of hydrogen-bond donors (Lipinski definition) is 1. The van der Waals surface area contributed by atoms with Gasteiger partial charge in [-0.15, -0.1) is 0 Å². The number of rotatable bonds is 7. The van der Waals surface area contributed by atoms with Crippen LogP contribution in [-0.4, -0.2) is 25.2 Å². The van der Waals surface area contributed by atoms with Gasteiger partial charge in [-0.25, -0.2) is 4.98 Å². The average molecular weight is 313 g/mol. The highest BCUT2D eigenvalue weighted by atomic mass is 35.5. The molecule has 20 heavy (non-hydrogen) atoms. The maximum absolute atomic E-state index is 6.07. The third-order valence-electron chi connectivity index (χ3n) is 2.62. The molecule has 1 aromatic heterocycles. The molecule has 0 bridgehead atoms. The number of oxazole rings is 1. The summed E-state index contributed by atoms with van der Waals surface area (Å²) in [6.07, 6.45) is 1.64.